The molecule has 0 aliphatic carbocycles. The van der Waals surface area contributed by atoms with Gasteiger partial charge in [-0.05, 0) is 24.3 Å². The van der Waals surface area contributed by atoms with Gasteiger partial charge in [-0.2, -0.15) is 23.5 Å². The van der Waals surface area contributed by atoms with E-state index in [0.29, 0.717) is 0 Å². The number of hydrogen-bond donors (Lipinski definition) is 0. The van der Waals surface area contributed by atoms with Crippen molar-refractivity contribution in [3.63, 3.8) is 0 Å². The Balaban J connectivity index is 2.72. The average molecular weight is 337 g/mol. The lowest BCUT2D eigenvalue weighted by atomic mass is 10.2. The molecule has 8 heteroatoms. The van der Waals surface area contributed by atoms with E-state index in [2.05, 4.69) is 11.7 Å². The van der Waals surface area contributed by atoms with Crippen LogP contribution >= 0.6 is 0 Å². The molecule has 2 aromatic rings. The van der Waals surface area contributed by atoms with Crippen molar-refractivity contribution in [3.05, 3.63) is 65.8 Å². The Morgan fingerprint density at radius 3 is 2.62 bits per heavy atom. The minimum Gasteiger partial charge on any atom is -0.494 e. The lowest BCUT2D eigenvalue weighted by Crippen LogP contribution is -2.08. The molecular formula is C16H11F4N3O. The summed E-state index contributed by atoms with van der Waals surface area (Å²) < 4.78 is 58.4. The van der Waals surface area contributed by atoms with Crippen LogP contribution in [0.2, 0.25) is 0 Å². The van der Waals surface area contributed by atoms with E-state index < -0.39 is 17.7 Å². The van der Waals surface area contributed by atoms with E-state index in [1.807, 2.05) is 0 Å². The lowest BCUT2D eigenvalue weighted by molar-refractivity contribution is -0.141. The number of nitrogens with zero attached hydrogens (tertiary/aromatic N) is 3. The van der Waals surface area contributed by atoms with Crippen molar-refractivity contribution >= 4 is 5.76 Å². The van der Waals surface area contributed by atoms with Crippen LogP contribution in [-0.2, 0) is 10.9 Å². The predicted molar refractivity (Wildman–Crippen MR) is 78.4 cm³/mol. The Labute approximate surface area is 134 Å². The minimum atomic E-state index is -4.68. The number of aromatic nitrogens is 2. The minimum absolute atomic E-state index is 0.0137. The van der Waals surface area contributed by atoms with Gasteiger partial charge in [0.1, 0.15) is 23.3 Å². The quantitative estimate of drug-likeness (QED) is 0.480. The molecule has 0 saturated heterocycles. The fraction of sp³-hybridized carbons (Fsp3) is 0.125. The first kappa shape index (κ1) is 17.3. The highest BCUT2D eigenvalue weighted by molar-refractivity contribution is 5.61. The number of hydrogen-bond acceptors (Lipinski definition) is 3. The molecule has 0 radical (unpaired) electrons. The molecule has 1 aromatic carbocycles. The van der Waals surface area contributed by atoms with Gasteiger partial charge in [0.2, 0.25) is 0 Å². The molecule has 0 aliphatic heterocycles. The second kappa shape index (κ2) is 6.58. The maximum atomic E-state index is 13.4. The second-order valence-corrected chi connectivity index (χ2v) is 4.57. The zero-order chi connectivity index (χ0) is 17.9. The Morgan fingerprint density at radius 2 is 2.08 bits per heavy atom. The van der Waals surface area contributed by atoms with Gasteiger partial charge in [0.05, 0.1) is 18.4 Å². The van der Waals surface area contributed by atoms with Gasteiger partial charge in [-0.3, -0.25) is 0 Å². The second-order valence-electron chi connectivity index (χ2n) is 4.57. The van der Waals surface area contributed by atoms with E-state index in [1.165, 1.54) is 25.3 Å². The average Bonchev–Trinajstić information content (AvgIpc) is 2.98. The summed E-state index contributed by atoms with van der Waals surface area (Å²) in [6.45, 7) is 3.47. The van der Waals surface area contributed by atoms with Crippen LogP contribution in [0.4, 0.5) is 17.6 Å². The van der Waals surface area contributed by atoms with E-state index in [0.717, 1.165) is 22.9 Å². The first-order valence-corrected chi connectivity index (χ1v) is 6.56. The Hall–Kier alpha value is -3.08. The number of nitriles is 1. The summed E-state index contributed by atoms with van der Waals surface area (Å²) in [6.07, 6.45) is -1.97. The van der Waals surface area contributed by atoms with Gasteiger partial charge < -0.3 is 4.74 Å². The van der Waals surface area contributed by atoms with Gasteiger partial charge in [0.15, 0.2) is 5.69 Å². The highest BCUT2D eigenvalue weighted by atomic mass is 19.4. The third kappa shape index (κ3) is 3.30. The Bertz CT molecular complexity index is 844. The Kier molecular flexibility index (Phi) is 4.74. The molecule has 0 bridgehead atoms. The standard InChI is InChI=1S/C16H11F4N3O/c1-3-4-14(24-2)13-8-15(16(18,19)20)22-23(13)11-5-6-12(17)10(7-11)9-21/h3-8H,1H2,2H3/b14-4-. The summed E-state index contributed by atoms with van der Waals surface area (Å²) in [5.74, 6) is -0.699. The maximum Gasteiger partial charge on any atom is 0.435 e. The van der Waals surface area contributed by atoms with Crippen LogP contribution in [0.3, 0.4) is 0 Å². The van der Waals surface area contributed by atoms with Crippen molar-refractivity contribution in [2.24, 2.45) is 0 Å². The monoisotopic (exact) mass is 337 g/mol. The van der Waals surface area contributed by atoms with Crippen LogP contribution in [0.1, 0.15) is 17.0 Å². The molecule has 0 fully saturated rings. The molecule has 0 N–H and O–H groups in total. The third-order valence-electron chi connectivity index (χ3n) is 3.06. The van der Waals surface area contributed by atoms with Gasteiger partial charge in [-0.15, -0.1) is 0 Å². The van der Waals surface area contributed by atoms with E-state index in [4.69, 9.17) is 10.00 Å². The molecule has 0 amide bonds. The molecule has 0 atom stereocenters. The van der Waals surface area contributed by atoms with Crippen LogP contribution in [0.25, 0.3) is 11.4 Å². The van der Waals surface area contributed by atoms with Crippen molar-refractivity contribution in [2.45, 2.75) is 6.18 Å². The first-order chi connectivity index (χ1) is 11.3. The summed E-state index contributed by atoms with van der Waals surface area (Å²) in [5, 5.41) is 12.4. The van der Waals surface area contributed by atoms with Crippen molar-refractivity contribution < 1.29 is 22.3 Å². The van der Waals surface area contributed by atoms with Crippen molar-refractivity contribution in [1.29, 1.82) is 5.26 Å². The highest BCUT2D eigenvalue weighted by Crippen LogP contribution is 2.32. The van der Waals surface area contributed by atoms with Gasteiger partial charge >= 0.3 is 6.18 Å². The van der Waals surface area contributed by atoms with Gasteiger partial charge in [-0.1, -0.05) is 12.7 Å². The van der Waals surface area contributed by atoms with E-state index in [9.17, 15) is 17.6 Å². The van der Waals surface area contributed by atoms with Crippen molar-refractivity contribution in [2.75, 3.05) is 7.11 Å². The smallest absolute Gasteiger partial charge is 0.435 e. The number of allylic oxidation sites excluding steroid dienone is 2. The normalized spacial score (nSPS) is 11.9. The fourth-order valence-corrected chi connectivity index (χ4v) is 1.99. The fourth-order valence-electron chi connectivity index (χ4n) is 1.99. The largest absolute Gasteiger partial charge is 0.494 e. The number of halogens is 4. The summed E-state index contributed by atoms with van der Waals surface area (Å²) >= 11 is 0. The lowest BCUT2D eigenvalue weighted by Gasteiger charge is -2.10. The summed E-state index contributed by atoms with van der Waals surface area (Å²) in [5.41, 5.74) is -1.38. The summed E-state index contributed by atoms with van der Waals surface area (Å²) in [6, 6.07) is 5.73. The van der Waals surface area contributed by atoms with Crippen molar-refractivity contribution in [3.8, 4) is 11.8 Å². The van der Waals surface area contributed by atoms with E-state index in [-0.39, 0.29) is 22.7 Å². The highest BCUT2D eigenvalue weighted by Gasteiger charge is 2.35. The van der Waals surface area contributed by atoms with Gasteiger partial charge in [0, 0.05) is 6.07 Å². The molecule has 0 spiro atoms. The number of benzene rings is 1. The zero-order valence-corrected chi connectivity index (χ0v) is 12.4. The van der Waals surface area contributed by atoms with Crippen LogP contribution < -0.4 is 0 Å². The van der Waals surface area contributed by atoms with E-state index >= 15 is 0 Å². The van der Waals surface area contributed by atoms with Crippen LogP contribution in [-0.4, -0.2) is 16.9 Å². The van der Waals surface area contributed by atoms with Crippen LogP contribution in [0.5, 0.6) is 0 Å². The summed E-state index contributed by atoms with van der Waals surface area (Å²) in [7, 11) is 1.28. The molecule has 0 aliphatic rings. The van der Waals surface area contributed by atoms with Crippen LogP contribution in [0, 0.1) is 17.1 Å². The molecule has 0 saturated carbocycles. The molecule has 4 nitrogen and oxygen atoms in total. The molecule has 1 heterocycles. The molecule has 1 aromatic heterocycles. The first-order valence-electron chi connectivity index (χ1n) is 6.56. The molecule has 24 heavy (non-hydrogen) atoms. The molecular weight excluding hydrogens is 326 g/mol. The van der Waals surface area contributed by atoms with Crippen molar-refractivity contribution in [1.82, 2.24) is 9.78 Å². The zero-order valence-electron chi connectivity index (χ0n) is 12.4. The Morgan fingerprint density at radius 1 is 1.38 bits per heavy atom. The maximum absolute atomic E-state index is 13.4. The number of rotatable bonds is 4. The molecule has 124 valence electrons. The number of ether oxygens (including phenoxy) is 1. The van der Waals surface area contributed by atoms with Crippen LogP contribution in [0.15, 0.2) is 43.0 Å². The number of alkyl halides is 3. The van der Waals surface area contributed by atoms with E-state index in [1.54, 1.807) is 6.07 Å². The topological polar surface area (TPSA) is 50.8 Å². The third-order valence-corrected chi connectivity index (χ3v) is 3.06. The SMILES string of the molecule is C=C/C=C(\OC)c1cc(C(F)(F)F)nn1-c1ccc(F)c(C#N)c1. The van der Waals surface area contributed by atoms with Gasteiger partial charge in [0.25, 0.3) is 0 Å². The molecule has 0 unspecified atom stereocenters. The van der Waals surface area contributed by atoms with Gasteiger partial charge in [-0.25, -0.2) is 9.07 Å². The number of methoxy groups -OCH3 is 1. The summed E-state index contributed by atoms with van der Waals surface area (Å²) in [4.78, 5) is 0. The predicted octanol–water partition coefficient (Wildman–Crippen LogP) is 4.08. The molecule has 2 rings (SSSR count).